The summed E-state index contributed by atoms with van der Waals surface area (Å²) in [7, 11) is 3.19. The molecule has 36 heavy (non-hydrogen) atoms. The Bertz CT molecular complexity index is 1140. The lowest BCUT2D eigenvalue weighted by molar-refractivity contribution is -0.126. The Labute approximate surface area is 211 Å². The highest BCUT2D eigenvalue weighted by Crippen LogP contribution is 2.31. The molecular weight excluding hydrogens is 460 g/mol. The van der Waals surface area contributed by atoms with Crippen molar-refractivity contribution in [2.75, 3.05) is 27.3 Å². The predicted octanol–water partition coefficient (Wildman–Crippen LogP) is 4.07. The van der Waals surface area contributed by atoms with E-state index in [1.165, 1.54) is 0 Å². The van der Waals surface area contributed by atoms with Crippen LogP contribution < -0.4 is 19.5 Å². The molecule has 1 amide bonds. The molecule has 4 rings (SSSR count). The Balaban J connectivity index is 1.23. The molecule has 192 valence electrons. The molecule has 1 aromatic heterocycles. The minimum absolute atomic E-state index is 0.00908. The van der Waals surface area contributed by atoms with Gasteiger partial charge in [-0.3, -0.25) is 9.69 Å². The molecular formula is C27H34N4O5. The molecule has 0 radical (unpaired) electrons. The number of nitrogens with zero attached hydrogens (tertiary/aromatic N) is 3. The first-order chi connectivity index (χ1) is 17.4. The van der Waals surface area contributed by atoms with Gasteiger partial charge in [0.2, 0.25) is 17.6 Å². The van der Waals surface area contributed by atoms with Crippen LogP contribution in [0.25, 0.3) is 11.4 Å². The number of hydrogen-bond donors (Lipinski definition) is 1. The number of carbonyl (C=O) groups excluding carboxylic acids is 1. The van der Waals surface area contributed by atoms with E-state index >= 15 is 0 Å². The Morgan fingerprint density at radius 2 is 1.81 bits per heavy atom. The molecule has 0 spiro atoms. The van der Waals surface area contributed by atoms with Gasteiger partial charge in [-0.15, -0.1) is 0 Å². The zero-order chi connectivity index (χ0) is 25.5. The van der Waals surface area contributed by atoms with Crippen LogP contribution in [0.4, 0.5) is 0 Å². The summed E-state index contributed by atoms with van der Waals surface area (Å²) in [5.41, 5.74) is 1.85. The average Bonchev–Trinajstić information content (AvgIpc) is 3.36. The maximum absolute atomic E-state index is 12.7. The van der Waals surface area contributed by atoms with E-state index in [1.807, 2.05) is 56.3 Å². The fourth-order valence-electron chi connectivity index (χ4n) is 4.25. The SMILES string of the molecule is COc1ccc(-c2noc(CN3CCC(C(=O)NCc4ccc(OC(C)C)cc4)CC3)n2)cc1OC. The quantitative estimate of drug-likeness (QED) is 0.450. The number of carbonyl (C=O) groups is 1. The van der Waals surface area contributed by atoms with E-state index in [4.69, 9.17) is 18.7 Å². The first-order valence-corrected chi connectivity index (χ1v) is 12.3. The predicted molar refractivity (Wildman–Crippen MR) is 135 cm³/mol. The van der Waals surface area contributed by atoms with E-state index < -0.39 is 0 Å². The summed E-state index contributed by atoms with van der Waals surface area (Å²) in [6.07, 6.45) is 1.73. The number of hydrogen-bond acceptors (Lipinski definition) is 8. The molecule has 0 saturated carbocycles. The van der Waals surface area contributed by atoms with Crippen LogP contribution in [-0.2, 0) is 17.9 Å². The lowest BCUT2D eigenvalue weighted by Gasteiger charge is -2.30. The van der Waals surface area contributed by atoms with Crippen molar-refractivity contribution >= 4 is 5.91 Å². The summed E-state index contributed by atoms with van der Waals surface area (Å²) >= 11 is 0. The number of amides is 1. The van der Waals surface area contributed by atoms with Crippen molar-refractivity contribution < 1.29 is 23.5 Å². The van der Waals surface area contributed by atoms with Crippen molar-refractivity contribution in [3.8, 4) is 28.6 Å². The minimum atomic E-state index is 0.00908. The lowest BCUT2D eigenvalue weighted by atomic mass is 9.96. The van der Waals surface area contributed by atoms with E-state index in [2.05, 4.69) is 20.4 Å². The van der Waals surface area contributed by atoms with Crippen molar-refractivity contribution in [1.29, 1.82) is 0 Å². The Morgan fingerprint density at radius 3 is 2.47 bits per heavy atom. The van der Waals surface area contributed by atoms with Crippen LogP contribution >= 0.6 is 0 Å². The van der Waals surface area contributed by atoms with Crippen molar-refractivity contribution in [3.63, 3.8) is 0 Å². The van der Waals surface area contributed by atoms with Gasteiger partial charge in [0.25, 0.3) is 0 Å². The van der Waals surface area contributed by atoms with Crippen LogP contribution in [-0.4, -0.2) is 54.4 Å². The summed E-state index contributed by atoms with van der Waals surface area (Å²) in [6, 6.07) is 13.4. The highest BCUT2D eigenvalue weighted by Gasteiger charge is 2.26. The Hall–Kier alpha value is -3.59. The summed E-state index contributed by atoms with van der Waals surface area (Å²) in [4.78, 5) is 19.5. The molecule has 0 atom stereocenters. The van der Waals surface area contributed by atoms with Crippen LogP contribution in [0.3, 0.4) is 0 Å². The fourth-order valence-corrected chi connectivity index (χ4v) is 4.25. The number of likely N-dealkylation sites (tertiary alicyclic amines) is 1. The Morgan fingerprint density at radius 1 is 1.08 bits per heavy atom. The maximum atomic E-state index is 12.7. The second-order valence-electron chi connectivity index (χ2n) is 9.16. The topological polar surface area (TPSA) is 99.0 Å². The second-order valence-corrected chi connectivity index (χ2v) is 9.16. The van der Waals surface area contributed by atoms with Gasteiger partial charge >= 0.3 is 0 Å². The number of rotatable bonds is 10. The van der Waals surface area contributed by atoms with Gasteiger partial charge in [-0.25, -0.2) is 0 Å². The van der Waals surface area contributed by atoms with Gasteiger partial charge in [0, 0.05) is 18.0 Å². The number of nitrogens with one attached hydrogen (secondary N) is 1. The average molecular weight is 495 g/mol. The lowest BCUT2D eigenvalue weighted by Crippen LogP contribution is -2.40. The first-order valence-electron chi connectivity index (χ1n) is 12.3. The van der Waals surface area contributed by atoms with Crippen molar-refractivity contribution in [2.24, 2.45) is 5.92 Å². The van der Waals surface area contributed by atoms with Crippen LogP contribution in [0, 0.1) is 5.92 Å². The third kappa shape index (κ3) is 6.54. The molecule has 1 aliphatic heterocycles. The molecule has 2 heterocycles. The normalized spacial score (nSPS) is 14.6. The van der Waals surface area contributed by atoms with Crippen LogP contribution in [0.5, 0.6) is 17.2 Å². The zero-order valence-corrected chi connectivity index (χ0v) is 21.3. The molecule has 1 fully saturated rings. The molecule has 1 saturated heterocycles. The maximum Gasteiger partial charge on any atom is 0.241 e. The second kappa shape index (κ2) is 11.9. The molecule has 9 nitrogen and oxygen atoms in total. The highest BCUT2D eigenvalue weighted by molar-refractivity contribution is 5.78. The molecule has 1 aliphatic rings. The van der Waals surface area contributed by atoms with Gasteiger partial charge in [0.05, 0.1) is 26.9 Å². The van der Waals surface area contributed by atoms with Crippen LogP contribution in [0.1, 0.15) is 38.1 Å². The van der Waals surface area contributed by atoms with Gasteiger partial charge < -0.3 is 24.1 Å². The fraction of sp³-hybridized carbons (Fsp3) is 0.444. The number of piperidine rings is 1. The number of aromatic nitrogens is 2. The van der Waals surface area contributed by atoms with E-state index in [1.54, 1.807) is 14.2 Å². The van der Waals surface area contributed by atoms with Gasteiger partial charge in [0.1, 0.15) is 5.75 Å². The molecule has 9 heteroatoms. The standard InChI is InChI=1S/C27H34N4O5/c1-18(2)35-22-8-5-19(6-9-22)16-28-27(32)20-11-13-31(14-12-20)17-25-29-26(30-36-25)21-7-10-23(33-3)24(15-21)34-4/h5-10,15,18,20H,11-14,16-17H2,1-4H3,(H,28,32). The summed E-state index contributed by atoms with van der Waals surface area (Å²) in [5, 5.41) is 7.19. The van der Waals surface area contributed by atoms with Gasteiger partial charge in [-0.1, -0.05) is 17.3 Å². The summed E-state index contributed by atoms with van der Waals surface area (Å²) < 4.78 is 21.8. The molecule has 0 unspecified atom stereocenters. The highest BCUT2D eigenvalue weighted by atomic mass is 16.5. The molecule has 3 aromatic rings. The monoisotopic (exact) mass is 494 g/mol. The molecule has 2 aromatic carbocycles. The Kier molecular flexibility index (Phi) is 8.43. The third-order valence-corrected chi connectivity index (χ3v) is 6.19. The zero-order valence-electron chi connectivity index (χ0n) is 21.3. The molecule has 0 aliphatic carbocycles. The number of methoxy groups -OCH3 is 2. The summed E-state index contributed by atoms with van der Waals surface area (Å²) in [5.74, 6) is 3.26. The van der Waals surface area contributed by atoms with E-state index in [0.29, 0.717) is 36.3 Å². The van der Waals surface area contributed by atoms with Gasteiger partial charge in [0.15, 0.2) is 11.5 Å². The van der Waals surface area contributed by atoms with Crippen molar-refractivity contribution in [3.05, 3.63) is 53.9 Å². The number of ether oxygens (including phenoxy) is 3. The smallest absolute Gasteiger partial charge is 0.241 e. The van der Waals surface area contributed by atoms with E-state index in [-0.39, 0.29) is 17.9 Å². The minimum Gasteiger partial charge on any atom is -0.493 e. The van der Waals surface area contributed by atoms with E-state index in [0.717, 1.165) is 42.8 Å². The third-order valence-electron chi connectivity index (χ3n) is 6.19. The van der Waals surface area contributed by atoms with Gasteiger partial charge in [-0.2, -0.15) is 4.98 Å². The molecule has 0 bridgehead atoms. The van der Waals surface area contributed by atoms with Crippen LogP contribution in [0.15, 0.2) is 47.0 Å². The van der Waals surface area contributed by atoms with E-state index in [9.17, 15) is 4.79 Å². The molecule has 1 N–H and O–H groups in total. The first kappa shape index (κ1) is 25.5. The number of benzene rings is 2. The van der Waals surface area contributed by atoms with Crippen LogP contribution in [0.2, 0.25) is 0 Å². The van der Waals surface area contributed by atoms with Crippen molar-refractivity contribution in [1.82, 2.24) is 20.4 Å². The van der Waals surface area contributed by atoms with Crippen molar-refractivity contribution in [2.45, 2.75) is 45.9 Å². The largest absolute Gasteiger partial charge is 0.493 e. The summed E-state index contributed by atoms with van der Waals surface area (Å²) in [6.45, 7) is 6.67. The van der Waals surface area contributed by atoms with Gasteiger partial charge in [-0.05, 0) is 75.7 Å².